The third-order valence-electron chi connectivity index (χ3n) is 6.83. The summed E-state index contributed by atoms with van der Waals surface area (Å²) in [6.45, 7) is 9.21. The van der Waals surface area contributed by atoms with Crippen LogP contribution in [-0.2, 0) is 22.4 Å². The third-order valence-corrected chi connectivity index (χ3v) is 6.83. The van der Waals surface area contributed by atoms with Crippen molar-refractivity contribution in [2.45, 2.75) is 38.8 Å². The van der Waals surface area contributed by atoms with Gasteiger partial charge in [0.25, 0.3) is 0 Å². The molecule has 0 saturated carbocycles. The van der Waals surface area contributed by atoms with Crippen molar-refractivity contribution in [2.75, 3.05) is 62.8 Å². The molecular formula is C25H34N6O3. The number of rotatable bonds is 5. The van der Waals surface area contributed by atoms with Gasteiger partial charge in [-0.1, -0.05) is 0 Å². The van der Waals surface area contributed by atoms with Crippen molar-refractivity contribution < 1.29 is 14.3 Å². The number of urea groups is 1. The highest BCUT2D eigenvalue weighted by Crippen LogP contribution is 2.32. The lowest BCUT2D eigenvalue weighted by Gasteiger charge is -2.38. The molecule has 2 aromatic rings. The van der Waals surface area contributed by atoms with E-state index in [1.54, 1.807) is 0 Å². The van der Waals surface area contributed by atoms with Gasteiger partial charge in [-0.05, 0) is 50.5 Å². The second-order valence-electron chi connectivity index (χ2n) is 9.02. The fourth-order valence-electron chi connectivity index (χ4n) is 5.00. The van der Waals surface area contributed by atoms with Gasteiger partial charge in [-0.3, -0.25) is 4.90 Å². The molecule has 9 heteroatoms. The highest BCUT2D eigenvalue weighted by Gasteiger charge is 2.30. The standard InChI is InChI=1S/C25H34N6O3/c1-2-26-25(32)27-19-5-3-18(4-6-19)23-28-22-17-31(20-8-13-33-14-9-20)10-7-21(22)24(29-23)30-11-15-34-16-12-30/h3-6,20H,2,7-17H2,1H3,(H2,26,27,32). The highest BCUT2D eigenvalue weighted by atomic mass is 16.5. The van der Waals surface area contributed by atoms with Crippen LogP contribution >= 0.6 is 0 Å². The minimum atomic E-state index is -0.205. The van der Waals surface area contributed by atoms with Crippen LogP contribution in [0.1, 0.15) is 31.0 Å². The maximum absolute atomic E-state index is 11.8. The Morgan fingerprint density at radius 2 is 1.76 bits per heavy atom. The lowest BCUT2D eigenvalue weighted by atomic mass is 9.99. The van der Waals surface area contributed by atoms with Crippen LogP contribution < -0.4 is 15.5 Å². The van der Waals surface area contributed by atoms with Gasteiger partial charge in [0.1, 0.15) is 5.82 Å². The normalized spacial score (nSPS) is 19.5. The van der Waals surface area contributed by atoms with E-state index in [-0.39, 0.29) is 6.03 Å². The molecule has 5 rings (SSSR count). The zero-order chi connectivity index (χ0) is 23.3. The Hall–Kier alpha value is -2.75. The van der Waals surface area contributed by atoms with Crippen molar-refractivity contribution >= 4 is 17.5 Å². The summed E-state index contributed by atoms with van der Waals surface area (Å²) in [5.41, 5.74) is 4.10. The molecule has 34 heavy (non-hydrogen) atoms. The zero-order valence-corrected chi connectivity index (χ0v) is 19.9. The van der Waals surface area contributed by atoms with Crippen LogP contribution in [-0.4, -0.2) is 79.5 Å². The van der Waals surface area contributed by atoms with Gasteiger partial charge < -0.3 is 25.0 Å². The van der Waals surface area contributed by atoms with Crippen molar-refractivity contribution in [3.8, 4) is 11.4 Å². The topological polar surface area (TPSA) is 91.9 Å². The van der Waals surface area contributed by atoms with Crippen molar-refractivity contribution in [1.29, 1.82) is 0 Å². The summed E-state index contributed by atoms with van der Waals surface area (Å²) >= 11 is 0. The van der Waals surface area contributed by atoms with Crippen LogP contribution in [0, 0.1) is 0 Å². The summed E-state index contributed by atoms with van der Waals surface area (Å²) in [5, 5.41) is 5.59. The first-order valence-corrected chi connectivity index (χ1v) is 12.4. The Bertz CT molecular complexity index is 987. The number of amides is 2. The maximum atomic E-state index is 11.8. The van der Waals surface area contributed by atoms with E-state index in [1.807, 2.05) is 31.2 Å². The van der Waals surface area contributed by atoms with Crippen LogP contribution in [0.5, 0.6) is 0 Å². The van der Waals surface area contributed by atoms with Gasteiger partial charge >= 0.3 is 6.03 Å². The van der Waals surface area contributed by atoms with Crippen LogP contribution in [0.2, 0.25) is 0 Å². The molecule has 3 aliphatic rings. The van der Waals surface area contributed by atoms with Gasteiger partial charge in [0, 0.05) is 68.8 Å². The lowest BCUT2D eigenvalue weighted by Crippen LogP contribution is -2.44. The Labute approximate surface area is 200 Å². The predicted octanol–water partition coefficient (Wildman–Crippen LogP) is 2.66. The molecule has 2 N–H and O–H groups in total. The summed E-state index contributed by atoms with van der Waals surface area (Å²) in [7, 11) is 0. The number of nitrogens with zero attached hydrogens (tertiary/aromatic N) is 4. The van der Waals surface area contributed by atoms with Crippen LogP contribution in [0.15, 0.2) is 24.3 Å². The molecule has 0 spiro atoms. The van der Waals surface area contributed by atoms with Gasteiger partial charge in [0.15, 0.2) is 5.82 Å². The highest BCUT2D eigenvalue weighted by molar-refractivity contribution is 5.89. The van der Waals surface area contributed by atoms with Gasteiger partial charge in [-0.25, -0.2) is 14.8 Å². The first-order valence-electron chi connectivity index (χ1n) is 12.4. The van der Waals surface area contributed by atoms with Crippen molar-refractivity contribution in [3.63, 3.8) is 0 Å². The smallest absolute Gasteiger partial charge is 0.319 e. The predicted molar refractivity (Wildman–Crippen MR) is 131 cm³/mol. The van der Waals surface area contributed by atoms with E-state index in [9.17, 15) is 4.79 Å². The molecule has 0 unspecified atom stereocenters. The number of nitrogens with one attached hydrogen (secondary N) is 2. The monoisotopic (exact) mass is 466 g/mol. The van der Waals surface area contributed by atoms with E-state index in [4.69, 9.17) is 19.4 Å². The largest absolute Gasteiger partial charge is 0.381 e. The molecule has 1 aromatic heterocycles. The molecule has 2 amide bonds. The molecule has 2 saturated heterocycles. The maximum Gasteiger partial charge on any atom is 0.319 e. The molecule has 1 aromatic carbocycles. The number of ether oxygens (including phenoxy) is 2. The number of fused-ring (bicyclic) bond motifs is 1. The molecular weight excluding hydrogens is 432 g/mol. The second-order valence-corrected chi connectivity index (χ2v) is 9.02. The van der Waals surface area contributed by atoms with Crippen molar-refractivity contribution in [2.24, 2.45) is 0 Å². The minimum absolute atomic E-state index is 0.205. The SMILES string of the molecule is CCNC(=O)Nc1ccc(-c2nc3c(c(N4CCOCC4)n2)CCN(C2CCOCC2)C3)cc1. The van der Waals surface area contributed by atoms with E-state index >= 15 is 0 Å². The Balaban J connectivity index is 1.43. The number of carbonyl (C=O) groups is 1. The molecule has 9 nitrogen and oxygen atoms in total. The molecule has 4 heterocycles. The van der Waals surface area contributed by atoms with E-state index < -0.39 is 0 Å². The zero-order valence-electron chi connectivity index (χ0n) is 19.9. The number of hydrogen-bond donors (Lipinski definition) is 2. The first-order chi connectivity index (χ1) is 16.7. The fourth-order valence-corrected chi connectivity index (χ4v) is 5.00. The Kier molecular flexibility index (Phi) is 7.22. The minimum Gasteiger partial charge on any atom is -0.381 e. The molecule has 0 radical (unpaired) electrons. The number of hydrogen-bond acceptors (Lipinski definition) is 7. The van der Waals surface area contributed by atoms with E-state index in [0.717, 1.165) is 100 Å². The molecule has 0 bridgehead atoms. The third kappa shape index (κ3) is 5.16. The second kappa shape index (κ2) is 10.7. The summed E-state index contributed by atoms with van der Waals surface area (Å²) in [6, 6.07) is 8.11. The van der Waals surface area contributed by atoms with Crippen LogP contribution in [0.25, 0.3) is 11.4 Å². The van der Waals surface area contributed by atoms with E-state index in [0.29, 0.717) is 12.6 Å². The molecule has 2 fully saturated rings. The van der Waals surface area contributed by atoms with Crippen molar-refractivity contribution in [3.05, 3.63) is 35.5 Å². The van der Waals surface area contributed by atoms with Crippen LogP contribution in [0.4, 0.5) is 16.3 Å². The number of benzene rings is 1. The average Bonchev–Trinajstić information content (AvgIpc) is 2.89. The fraction of sp³-hybridized carbons (Fsp3) is 0.560. The average molecular weight is 467 g/mol. The molecule has 0 atom stereocenters. The number of carbonyl (C=O) groups excluding carboxylic acids is 1. The van der Waals surface area contributed by atoms with Gasteiger partial charge in [0.05, 0.1) is 18.9 Å². The summed E-state index contributed by atoms with van der Waals surface area (Å²) in [6.07, 6.45) is 3.14. The van der Waals surface area contributed by atoms with Crippen LogP contribution in [0.3, 0.4) is 0 Å². The Morgan fingerprint density at radius 1 is 1.03 bits per heavy atom. The van der Waals surface area contributed by atoms with Gasteiger partial charge in [-0.15, -0.1) is 0 Å². The lowest BCUT2D eigenvalue weighted by molar-refractivity contribution is 0.0284. The summed E-state index contributed by atoms with van der Waals surface area (Å²) in [5.74, 6) is 1.79. The van der Waals surface area contributed by atoms with E-state index in [2.05, 4.69) is 20.4 Å². The first kappa shape index (κ1) is 23.0. The van der Waals surface area contributed by atoms with Gasteiger partial charge in [0.2, 0.25) is 0 Å². The van der Waals surface area contributed by atoms with Crippen molar-refractivity contribution in [1.82, 2.24) is 20.2 Å². The quantitative estimate of drug-likeness (QED) is 0.700. The van der Waals surface area contributed by atoms with Gasteiger partial charge in [-0.2, -0.15) is 0 Å². The van der Waals surface area contributed by atoms with E-state index in [1.165, 1.54) is 5.56 Å². The molecule has 3 aliphatic heterocycles. The number of morpholine rings is 1. The molecule has 0 aliphatic carbocycles. The summed E-state index contributed by atoms with van der Waals surface area (Å²) in [4.78, 5) is 26.9. The number of aromatic nitrogens is 2. The molecule has 182 valence electrons. The summed E-state index contributed by atoms with van der Waals surface area (Å²) < 4.78 is 11.2. The number of anilines is 2. The Morgan fingerprint density at radius 3 is 2.50 bits per heavy atom.